The summed E-state index contributed by atoms with van der Waals surface area (Å²) in [5, 5.41) is 58.5. The summed E-state index contributed by atoms with van der Waals surface area (Å²) in [4.78, 5) is 0. The van der Waals surface area contributed by atoms with Gasteiger partial charge in [0.05, 0.1) is 0 Å². The van der Waals surface area contributed by atoms with Gasteiger partial charge in [0.2, 0.25) is 5.88 Å². The highest BCUT2D eigenvalue weighted by Crippen LogP contribution is 2.40. The van der Waals surface area contributed by atoms with Gasteiger partial charge >= 0.3 is 6.03 Å². The van der Waals surface area contributed by atoms with Crippen LogP contribution < -0.4 is 0 Å². The number of hydroxylamine groups is 4. The van der Waals surface area contributed by atoms with E-state index in [4.69, 9.17) is 0 Å². The summed E-state index contributed by atoms with van der Waals surface area (Å²) in [5.41, 5.74) is -2.34. The molecule has 0 aromatic rings. The van der Waals surface area contributed by atoms with Gasteiger partial charge in [0, 0.05) is 5.57 Å². The van der Waals surface area contributed by atoms with E-state index in [0.717, 1.165) is 25.7 Å². The van der Waals surface area contributed by atoms with Gasteiger partial charge in [-0.3, -0.25) is 5.21 Å². The molecule has 6 N–H and O–H groups in total. The second-order valence-electron chi connectivity index (χ2n) is 5.61. The highest BCUT2D eigenvalue weighted by molar-refractivity contribution is 5.19. The highest BCUT2D eigenvalue weighted by atomic mass is 16.7. The van der Waals surface area contributed by atoms with Gasteiger partial charge in [-0.15, -0.1) is 5.06 Å². The molecule has 0 saturated carbocycles. The van der Waals surface area contributed by atoms with E-state index in [1.807, 2.05) is 13.8 Å². The molecule has 1 aliphatic rings. The fraction of sp³-hybridized carbons (Fsp3) is 0.846. The molecule has 0 aromatic heterocycles. The molecule has 0 aliphatic carbocycles. The molecule has 0 saturated heterocycles. The first-order valence-electron chi connectivity index (χ1n) is 7.18. The molecule has 0 radical (unpaired) electrons. The van der Waals surface area contributed by atoms with Gasteiger partial charge in [0.1, 0.15) is 0 Å². The monoisotopic (exact) mass is 306 g/mol. The molecule has 21 heavy (non-hydrogen) atoms. The average molecular weight is 306 g/mol. The van der Waals surface area contributed by atoms with Crippen LogP contribution in [0.25, 0.3) is 0 Å². The van der Waals surface area contributed by atoms with Gasteiger partial charge in [0.15, 0.2) is 5.72 Å². The van der Waals surface area contributed by atoms with Crippen molar-refractivity contribution in [3.8, 4) is 0 Å². The van der Waals surface area contributed by atoms with E-state index in [-0.39, 0.29) is 28.0 Å². The zero-order valence-corrected chi connectivity index (χ0v) is 12.7. The van der Waals surface area contributed by atoms with Crippen molar-refractivity contribution in [2.24, 2.45) is 5.92 Å². The Kier molecular flexibility index (Phi) is 5.59. The van der Waals surface area contributed by atoms with Crippen LogP contribution in [0.1, 0.15) is 52.9 Å². The molecule has 0 bridgehead atoms. The normalized spacial score (nSPS) is 28.1. The average Bonchev–Trinajstić information content (AvgIpc) is 2.46. The molecule has 0 amide bonds. The molecular weight excluding hydrogens is 280 g/mol. The van der Waals surface area contributed by atoms with Gasteiger partial charge in [0.25, 0.3) is 0 Å². The van der Waals surface area contributed by atoms with E-state index < -0.39 is 17.6 Å². The fourth-order valence-electron chi connectivity index (χ4n) is 2.56. The van der Waals surface area contributed by atoms with Gasteiger partial charge in [-0.25, -0.2) is 0 Å². The molecule has 1 aliphatic heterocycles. The van der Waals surface area contributed by atoms with Gasteiger partial charge in [-0.1, -0.05) is 44.6 Å². The maximum atomic E-state index is 10.6. The first-order valence-corrected chi connectivity index (χ1v) is 7.18. The van der Waals surface area contributed by atoms with Crippen LogP contribution in [0.4, 0.5) is 0 Å². The standard InChI is InChI=1S/C13H26N2O6/c1-4-6-7-10(5-2)8-12(17)9(3)11(16)14(20)13(18,19)15(12)21/h10,16-21H,4-8H2,1-3H3. The summed E-state index contributed by atoms with van der Waals surface area (Å²) in [6.45, 7) is 5.26. The summed E-state index contributed by atoms with van der Waals surface area (Å²) >= 11 is 0. The number of rotatable bonds is 6. The number of hydrogen-bond acceptors (Lipinski definition) is 8. The molecule has 124 valence electrons. The lowest BCUT2D eigenvalue weighted by molar-refractivity contribution is -0.517. The van der Waals surface area contributed by atoms with Crippen LogP contribution in [0.15, 0.2) is 11.5 Å². The second kappa shape index (κ2) is 6.47. The van der Waals surface area contributed by atoms with Crippen molar-refractivity contribution < 1.29 is 30.8 Å². The molecule has 0 spiro atoms. The minimum Gasteiger partial charge on any atom is -0.493 e. The van der Waals surface area contributed by atoms with Crippen molar-refractivity contribution in [1.29, 1.82) is 0 Å². The highest BCUT2D eigenvalue weighted by Gasteiger charge is 2.57. The lowest BCUT2D eigenvalue weighted by atomic mass is 9.86. The molecule has 1 heterocycles. The Morgan fingerprint density at radius 2 is 1.71 bits per heavy atom. The zero-order valence-electron chi connectivity index (χ0n) is 12.7. The molecule has 8 nitrogen and oxygen atoms in total. The Labute approximate surface area is 124 Å². The number of hydrogen-bond donors (Lipinski definition) is 6. The number of unbranched alkanes of at least 4 members (excludes halogenated alkanes) is 1. The van der Waals surface area contributed by atoms with Gasteiger partial charge < -0.3 is 25.6 Å². The minimum atomic E-state index is -3.32. The van der Waals surface area contributed by atoms with Gasteiger partial charge in [-0.2, -0.15) is 0 Å². The van der Waals surface area contributed by atoms with Crippen LogP contribution in [0.3, 0.4) is 0 Å². The maximum absolute atomic E-state index is 10.6. The topological polar surface area (TPSA) is 128 Å². The van der Waals surface area contributed by atoms with E-state index >= 15 is 0 Å². The molecule has 2 atom stereocenters. The minimum absolute atomic E-state index is 0.00734. The van der Waals surface area contributed by atoms with Crippen LogP contribution in [0, 0.1) is 5.92 Å². The van der Waals surface area contributed by atoms with Crippen molar-refractivity contribution >= 4 is 0 Å². The number of aliphatic hydroxyl groups is 4. The Bertz CT molecular complexity index is 400. The smallest absolute Gasteiger partial charge is 0.365 e. The summed E-state index contributed by atoms with van der Waals surface area (Å²) in [7, 11) is 0. The van der Waals surface area contributed by atoms with Gasteiger partial charge in [-0.05, 0) is 19.3 Å². The first-order chi connectivity index (χ1) is 9.62. The van der Waals surface area contributed by atoms with Crippen molar-refractivity contribution in [2.75, 3.05) is 0 Å². The molecule has 1 rings (SSSR count). The van der Waals surface area contributed by atoms with Crippen molar-refractivity contribution in [2.45, 2.75) is 64.6 Å². The van der Waals surface area contributed by atoms with E-state index in [1.165, 1.54) is 6.92 Å². The lowest BCUT2D eigenvalue weighted by Crippen LogP contribution is -2.70. The Hall–Kier alpha value is -0.900. The van der Waals surface area contributed by atoms with Crippen molar-refractivity contribution in [3.05, 3.63) is 11.5 Å². The van der Waals surface area contributed by atoms with Crippen LogP contribution in [-0.4, -0.2) is 52.7 Å². The van der Waals surface area contributed by atoms with Crippen molar-refractivity contribution in [3.63, 3.8) is 0 Å². The van der Waals surface area contributed by atoms with E-state index in [9.17, 15) is 30.8 Å². The number of aliphatic hydroxyl groups excluding tert-OH is 1. The third-order valence-electron chi connectivity index (χ3n) is 4.17. The summed E-state index contributed by atoms with van der Waals surface area (Å²) in [6, 6.07) is -3.32. The fourth-order valence-corrected chi connectivity index (χ4v) is 2.56. The third-order valence-corrected chi connectivity index (χ3v) is 4.17. The van der Waals surface area contributed by atoms with E-state index in [2.05, 4.69) is 0 Å². The third kappa shape index (κ3) is 3.15. The van der Waals surface area contributed by atoms with E-state index in [0.29, 0.717) is 0 Å². The van der Waals surface area contributed by atoms with Crippen LogP contribution in [-0.2, 0) is 0 Å². The predicted molar refractivity (Wildman–Crippen MR) is 72.6 cm³/mol. The summed E-state index contributed by atoms with van der Waals surface area (Å²) in [6.07, 6.45) is 3.42. The SMILES string of the molecule is CCCCC(CC)CC1(O)C(C)=C(O)N(O)C(O)(O)N1O. The summed E-state index contributed by atoms with van der Waals surface area (Å²) < 4.78 is 0. The lowest BCUT2D eigenvalue weighted by Gasteiger charge is -2.49. The van der Waals surface area contributed by atoms with E-state index in [1.54, 1.807) is 0 Å². The Balaban J connectivity index is 3.11. The molecule has 8 heteroatoms. The maximum Gasteiger partial charge on any atom is 0.365 e. The predicted octanol–water partition coefficient (Wildman–Crippen LogP) is 1.06. The Morgan fingerprint density at radius 1 is 1.14 bits per heavy atom. The molecule has 2 unspecified atom stereocenters. The molecular formula is C13H26N2O6. The molecule has 0 aromatic carbocycles. The zero-order chi connectivity index (χ0) is 16.4. The summed E-state index contributed by atoms with van der Waals surface area (Å²) in [5.74, 6) is -0.897. The molecule has 0 fully saturated rings. The van der Waals surface area contributed by atoms with Crippen molar-refractivity contribution in [1.82, 2.24) is 10.1 Å². The first kappa shape index (κ1) is 18.1. The Morgan fingerprint density at radius 3 is 2.19 bits per heavy atom. The second-order valence-corrected chi connectivity index (χ2v) is 5.61. The number of nitrogens with zero attached hydrogens (tertiary/aromatic N) is 2. The van der Waals surface area contributed by atoms with Crippen LogP contribution >= 0.6 is 0 Å². The quantitative estimate of drug-likeness (QED) is 0.402. The largest absolute Gasteiger partial charge is 0.493 e. The van der Waals surface area contributed by atoms with Crippen LogP contribution in [0.5, 0.6) is 0 Å². The van der Waals surface area contributed by atoms with Crippen LogP contribution in [0.2, 0.25) is 0 Å².